The number of carbonyl (C=O) groups is 1. The van der Waals surface area contributed by atoms with Crippen molar-refractivity contribution in [2.45, 2.75) is 25.4 Å². The molecule has 2 aromatic rings. The molecule has 2 saturated heterocycles. The maximum atomic E-state index is 11.6. The first kappa shape index (κ1) is 15.3. The first-order valence-corrected chi connectivity index (χ1v) is 8.58. The number of pyridine rings is 2. The summed E-state index contributed by atoms with van der Waals surface area (Å²) in [6.45, 7) is 2.55. The Labute approximate surface area is 141 Å². The molecular formula is C18H22N4O2. The topological polar surface area (TPSA) is 81.3 Å². The molecule has 0 aliphatic carbocycles. The Morgan fingerprint density at radius 1 is 1.21 bits per heavy atom. The molecule has 24 heavy (non-hydrogen) atoms. The van der Waals surface area contributed by atoms with Gasteiger partial charge in [-0.3, -0.25) is 14.8 Å². The number of fused-ring (bicyclic) bond motifs is 1. The lowest BCUT2D eigenvalue weighted by molar-refractivity contribution is -0.124. The van der Waals surface area contributed by atoms with Crippen molar-refractivity contribution < 1.29 is 9.53 Å². The molecule has 6 nitrogen and oxygen atoms in total. The Hall–Kier alpha value is -2.21. The lowest BCUT2D eigenvalue weighted by Gasteiger charge is -2.37. The molecule has 2 aromatic heterocycles. The highest BCUT2D eigenvalue weighted by Crippen LogP contribution is 2.35. The number of aromatic nitrogens is 2. The molecule has 0 saturated carbocycles. The first-order valence-electron chi connectivity index (χ1n) is 8.58. The average Bonchev–Trinajstić information content (AvgIpc) is 3.11. The highest BCUT2D eigenvalue weighted by atomic mass is 16.5. The lowest BCUT2D eigenvalue weighted by atomic mass is 9.84. The van der Waals surface area contributed by atoms with Crippen molar-refractivity contribution in [3.05, 3.63) is 30.7 Å². The predicted molar refractivity (Wildman–Crippen MR) is 91.5 cm³/mol. The van der Waals surface area contributed by atoms with Crippen LogP contribution in [0.1, 0.15) is 19.3 Å². The van der Waals surface area contributed by atoms with E-state index in [1.165, 1.54) is 5.69 Å². The van der Waals surface area contributed by atoms with Crippen LogP contribution in [0.3, 0.4) is 0 Å². The minimum atomic E-state index is -0.217. The Kier molecular flexibility index (Phi) is 4.06. The minimum Gasteiger partial charge on any atom is -0.377 e. The summed E-state index contributed by atoms with van der Waals surface area (Å²) in [6, 6.07) is 4.00. The fourth-order valence-corrected chi connectivity index (χ4v) is 4.10. The maximum Gasteiger partial charge on any atom is 0.223 e. The molecule has 4 heterocycles. The van der Waals surface area contributed by atoms with Crippen LogP contribution in [0.25, 0.3) is 10.9 Å². The van der Waals surface area contributed by atoms with Gasteiger partial charge in [-0.1, -0.05) is 0 Å². The SMILES string of the molecule is NC(=O)[C@@H]1CCO[C@H]1C1CCN(c2ccnc3ccncc23)CC1. The van der Waals surface area contributed by atoms with E-state index in [0.717, 1.165) is 43.3 Å². The highest BCUT2D eigenvalue weighted by Gasteiger charge is 2.39. The number of piperidine rings is 1. The van der Waals surface area contributed by atoms with E-state index in [9.17, 15) is 4.79 Å². The zero-order chi connectivity index (χ0) is 16.5. The van der Waals surface area contributed by atoms with Gasteiger partial charge in [0.25, 0.3) is 0 Å². The van der Waals surface area contributed by atoms with Crippen LogP contribution in [-0.2, 0) is 9.53 Å². The summed E-state index contributed by atoms with van der Waals surface area (Å²) in [7, 11) is 0. The summed E-state index contributed by atoms with van der Waals surface area (Å²) < 4.78 is 5.84. The summed E-state index contributed by atoms with van der Waals surface area (Å²) in [6.07, 6.45) is 8.30. The first-order chi connectivity index (χ1) is 11.7. The number of amides is 1. The third kappa shape index (κ3) is 2.71. The van der Waals surface area contributed by atoms with Crippen LogP contribution >= 0.6 is 0 Å². The van der Waals surface area contributed by atoms with E-state index in [4.69, 9.17) is 10.5 Å². The quantitative estimate of drug-likeness (QED) is 0.929. The zero-order valence-corrected chi connectivity index (χ0v) is 13.6. The molecule has 0 spiro atoms. The molecule has 4 rings (SSSR count). The van der Waals surface area contributed by atoms with Gasteiger partial charge in [-0.15, -0.1) is 0 Å². The fraction of sp³-hybridized carbons (Fsp3) is 0.500. The molecule has 2 fully saturated rings. The Morgan fingerprint density at radius 3 is 2.83 bits per heavy atom. The number of hydrogen-bond acceptors (Lipinski definition) is 5. The summed E-state index contributed by atoms with van der Waals surface area (Å²) >= 11 is 0. The van der Waals surface area contributed by atoms with Crippen LogP contribution in [0.5, 0.6) is 0 Å². The molecule has 0 bridgehead atoms. The number of primary amides is 1. The van der Waals surface area contributed by atoms with Crippen molar-refractivity contribution in [1.29, 1.82) is 0 Å². The fourth-order valence-electron chi connectivity index (χ4n) is 4.10. The molecule has 1 amide bonds. The Bertz CT molecular complexity index is 737. The second kappa shape index (κ2) is 6.36. The molecule has 2 aliphatic rings. The maximum absolute atomic E-state index is 11.6. The van der Waals surface area contributed by atoms with Gasteiger partial charge < -0.3 is 15.4 Å². The van der Waals surface area contributed by atoms with Crippen molar-refractivity contribution in [3.63, 3.8) is 0 Å². The number of hydrogen-bond donors (Lipinski definition) is 1. The molecule has 126 valence electrons. The number of anilines is 1. The van der Waals surface area contributed by atoms with E-state index in [1.807, 2.05) is 18.5 Å². The van der Waals surface area contributed by atoms with E-state index < -0.39 is 0 Å². The smallest absolute Gasteiger partial charge is 0.223 e. The molecular weight excluding hydrogens is 304 g/mol. The van der Waals surface area contributed by atoms with Gasteiger partial charge in [0.05, 0.1) is 17.5 Å². The minimum absolute atomic E-state index is 0.000464. The van der Waals surface area contributed by atoms with Gasteiger partial charge in [-0.2, -0.15) is 0 Å². The van der Waals surface area contributed by atoms with E-state index >= 15 is 0 Å². The number of nitrogens with zero attached hydrogens (tertiary/aromatic N) is 3. The predicted octanol–water partition coefficient (Wildman–Crippen LogP) is 1.74. The third-order valence-electron chi connectivity index (χ3n) is 5.37. The van der Waals surface area contributed by atoms with Gasteiger partial charge in [-0.05, 0) is 37.3 Å². The van der Waals surface area contributed by atoms with Crippen molar-refractivity contribution in [2.24, 2.45) is 17.6 Å². The van der Waals surface area contributed by atoms with E-state index in [0.29, 0.717) is 12.5 Å². The molecule has 0 radical (unpaired) electrons. The van der Waals surface area contributed by atoms with Crippen LogP contribution in [0.2, 0.25) is 0 Å². The van der Waals surface area contributed by atoms with Crippen LogP contribution in [0.4, 0.5) is 5.69 Å². The van der Waals surface area contributed by atoms with Crippen molar-refractivity contribution in [2.75, 3.05) is 24.6 Å². The van der Waals surface area contributed by atoms with Gasteiger partial charge >= 0.3 is 0 Å². The largest absolute Gasteiger partial charge is 0.377 e. The van der Waals surface area contributed by atoms with Crippen LogP contribution < -0.4 is 10.6 Å². The van der Waals surface area contributed by atoms with Gasteiger partial charge in [0.2, 0.25) is 5.91 Å². The summed E-state index contributed by atoms with van der Waals surface area (Å²) in [5, 5.41) is 1.09. The third-order valence-corrected chi connectivity index (χ3v) is 5.37. The monoisotopic (exact) mass is 326 g/mol. The standard InChI is InChI=1S/C18H22N4O2/c19-18(23)13-5-10-24-17(13)12-3-8-22(9-4-12)16-2-7-21-15-1-6-20-11-14(15)16/h1-2,6-7,11-13,17H,3-5,8-10H2,(H2,19,23)/t13-,17+/m1/s1. The van der Waals surface area contributed by atoms with Crippen molar-refractivity contribution in [1.82, 2.24) is 9.97 Å². The van der Waals surface area contributed by atoms with Gasteiger partial charge in [-0.25, -0.2) is 0 Å². The molecule has 0 unspecified atom stereocenters. The number of rotatable bonds is 3. The molecule has 0 aromatic carbocycles. The zero-order valence-electron chi connectivity index (χ0n) is 13.6. The molecule has 2 aliphatic heterocycles. The summed E-state index contributed by atoms with van der Waals surface area (Å²) in [4.78, 5) is 22.6. The lowest BCUT2D eigenvalue weighted by Crippen LogP contribution is -2.42. The normalized spacial score (nSPS) is 25.2. The van der Waals surface area contributed by atoms with Gasteiger partial charge in [0, 0.05) is 49.4 Å². The van der Waals surface area contributed by atoms with Gasteiger partial charge in [0.1, 0.15) is 0 Å². The van der Waals surface area contributed by atoms with E-state index in [2.05, 4.69) is 20.9 Å². The number of carbonyl (C=O) groups excluding carboxylic acids is 1. The average molecular weight is 326 g/mol. The number of ether oxygens (including phenoxy) is 1. The van der Waals surface area contributed by atoms with Crippen LogP contribution in [0, 0.1) is 11.8 Å². The molecule has 2 N–H and O–H groups in total. The second-order valence-electron chi connectivity index (χ2n) is 6.68. The second-order valence-corrected chi connectivity index (χ2v) is 6.68. The summed E-state index contributed by atoms with van der Waals surface area (Å²) in [5.74, 6) is 0.0751. The molecule has 6 heteroatoms. The van der Waals surface area contributed by atoms with Crippen molar-refractivity contribution in [3.8, 4) is 0 Å². The van der Waals surface area contributed by atoms with Crippen LogP contribution in [0.15, 0.2) is 30.7 Å². The van der Waals surface area contributed by atoms with E-state index in [-0.39, 0.29) is 17.9 Å². The molecule has 2 atom stereocenters. The Morgan fingerprint density at radius 2 is 2.04 bits per heavy atom. The van der Waals surface area contributed by atoms with Crippen molar-refractivity contribution >= 4 is 22.5 Å². The van der Waals surface area contributed by atoms with E-state index in [1.54, 1.807) is 6.20 Å². The van der Waals surface area contributed by atoms with Gasteiger partial charge in [0.15, 0.2) is 0 Å². The summed E-state index contributed by atoms with van der Waals surface area (Å²) in [5.41, 5.74) is 7.69. The van der Waals surface area contributed by atoms with Crippen LogP contribution in [-0.4, -0.2) is 41.7 Å². The Balaban J connectivity index is 1.49. The number of nitrogens with two attached hydrogens (primary N) is 1. The highest BCUT2D eigenvalue weighted by molar-refractivity contribution is 5.90.